The van der Waals surface area contributed by atoms with Gasteiger partial charge in [-0.2, -0.15) is 0 Å². The van der Waals surface area contributed by atoms with Crippen LogP contribution in [0.1, 0.15) is 62.4 Å². The van der Waals surface area contributed by atoms with E-state index in [2.05, 4.69) is 38.1 Å². The molecule has 0 saturated carbocycles. The molecular weight excluding hydrogens is 384 g/mol. The van der Waals surface area contributed by atoms with Crippen molar-refractivity contribution in [3.05, 3.63) is 83.9 Å². The molecule has 162 valence electrons. The third-order valence-corrected chi connectivity index (χ3v) is 5.42. The highest BCUT2D eigenvalue weighted by Crippen LogP contribution is 2.23. The quantitative estimate of drug-likeness (QED) is 0.195. The summed E-state index contributed by atoms with van der Waals surface area (Å²) in [6, 6.07) is 23.4. The van der Waals surface area contributed by atoms with Crippen molar-refractivity contribution in [2.45, 2.75) is 59.0 Å². The fraction of sp³-hybridized carbons (Fsp3) is 0.321. The van der Waals surface area contributed by atoms with Crippen molar-refractivity contribution < 1.29 is 14.3 Å². The Kier molecular flexibility index (Phi) is 8.28. The summed E-state index contributed by atoms with van der Waals surface area (Å²) in [6.07, 6.45) is 5.98. The van der Waals surface area contributed by atoms with E-state index in [0.717, 1.165) is 29.7 Å². The van der Waals surface area contributed by atoms with Crippen molar-refractivity contribution in [2.24, 2.45) is 0 Å². The zero-order valence-corrected chi connectivity index (χ0v) is 18.8. The van der Waals surface area contributed by atoms with Crippen molar-refractivity contribution in [2.75, 3.05) is 0 Å². The number of aryl methyl sites for hydroxylation is 1. The van der Waals surface area contributed by atoms with Crippen LogP contribution in [-0.2, 0) is 6.42 Å². The first-order valence-corrected chi connectivity index (χ1v) is 11.3. The van der Waals surface area contributed by atoms with Crippen molar-refractivity contribution in [1.29, 1.82) is 0 Å². The molecule has 31 heavy (non-hydrogen) atoms. The number of benzene rings is 3. The average molecular weight is 417 g/mol. The molecule has 0 aliphatic rings. The Balaban J connectivity index is 1.58. The molecule has 0 aliphatic heterocycles. The molecule has 0 N–H and O–H groups in total. The minimum Gasteiger partial charge on any atom is -0.491 e. The molecular formula is C28H32O3. The Morgan fingerprint density at radius 1 is 0.774 bits per heavy atom. The number of carbonyl (C=O) groups excluding carboxylic acids is 1. The van der Waals surface area contributed by atoms with Crippen LogP contribution in [-0.4, -0.2) is 12.1 Å². The standard InChI is InChI=1S/C28H32O3/c1-4-6-7-8-22-9-11-23(12-10-22)24-13-15-25(16-14-24)28(29)31-27-19-17-26(18-20-27)30-21(3)5-2/h9-21H,4-8H2,1-3H3. The summed E-state index contributed by atoms with van der Waals surface area (Å²) in [5, 5.41) is 0. The van der Waals surface area contributed by atoms with Crippen molar-refractivity contribution in [3.8, 4) is 22.6 Å². The Hall–Kier alpha value is -3.07. The van der Waals surface area contributed by atoms with Crippen molar-refractivity contribution >= 4 is 5.97 Å². The van der Waals surface area contributed by atoms with Crippen LogP contribution in [0.15, 0.2) is 72.8 Å². The van der Waals surface area contributed by atoms with Crippen LogP contribution in [0, 0.1) is 0 Å². The van der Waals surface area contributed by atoms with Gasteiger partial charge in [-0.3, -0.25) is 0 Å². The molecule has 0 amide bonds. The smallest absolute Gasteiger partial charge is 0.343 e. The lowest BCUT2D eigenvalue weighted by Gasteiger charge is -2.12. The number of hydrogen-bond donors (Lipinski definition) is 0. The summed E-state index contributed by atoms with van der Waals surface area (Å²) >= 11 is 0. The lowest BCUT2D eigenvalue weighted by Crippen LogP contribution is -2.10. The Bertz CT molecular complexity index is 941. The van der Waals surface area contributed by atoms with Gasteiger partial charge in [0, 0.05) is 0 Å². The Morgan fingerprint density at radius 2 is 1.35 bits per heavy atom. The Morgan fingerprint density at radius 3 is 1.94 bits per heavy atom. The van der Waals surface area contributed by atoms with E-state index in [1.807, 2.05) is 43.3 Å². The van der Waals surface area contributed by atoms with Gasteiger partial charge >= 0.3 is 5.97 Å². The predicted molar refractivity (Wildman–Crippen MR) is 127 cm³/mol. The molecule has 1 unspecified atom stereocenters. The summed E-state index contributed by atoms with van der Waals surface area (Å²) in [6.45, 7) is 6.33. The van der Waals surface area contributed by atoms with Gasteiger partial charge in [0.1, 0.15) is 11.5 Å². The van der Waals surface area contributed by atoms with Crippen molar-refractivity contribution in [3.63, 3.8) is 0 Å². The first-order valence-electron chi connectivity index (χ1n) is 11.3. The number of hydrogen-bond acceptors (Lipinski definition) is 3. The molecule has 3 aromatic carbocycles. The molecule has 0 spiro atoms. The fourth-order valence-electron chi connectivity index (χ4n) is 3.31. The van der Waals surface area contributed by atoms with Gasteiger partial charge in [0.15, 0.2) is 0 Å². The largest absolute Gasteiger partial charge is 0.491 e. The third-order valence-electron chi connectivity index (χ3n) is 5.42. The van der Waals surface area contributed by atoms with Gasteiger partial charge < -0.3 is 9.47 Å². The molecule has 0 bridgehead atoms. The highest BCUT2D eigenvalue weighted by Gasteiger charge is 2.10. The predicted octanol–water partition coefficient (Wildman–Crippen LogP) is 7.48. The third kappa shape index (κ3) is 6.71. The zero-order valence-electron chi connectivity index (χ0n) is 18.8. The summed E-state index contributed by atoms with van der Waals surface area (Å²) in [5.74, 6) is 0.910. The second-order valence-corrected chi connectivity index (χ2v) is 7.93. The highest BCUT2D eigenvalue weighted by atomic mass is 16.5. The van der Waals surface area contributed by atoms with E-state index in [-0.39, 0.29) is 12.1 Å². The van der Waals surface area contributed by atoms with E-state index in [9.17, 15) is 4.79 Å². The number of carbonyl (C=O) groups is 1. The molecule has 3 rings (SSSR count). The van der Waals surface area contributed by atoms with Crippen LogP contribution < -0.4 is 9.47 Å². The van der Waals surface area contributed by atoms with Crippen LogP contribution in [0.25, 0.3) is 11.1 Å². The van der Waals surface area contributed by atoms with Gasteiger partial charge in [0.05, 0.1) is 11.7 Å². The minimum atomic E-state index is -0.367. The number of ether oxygens (including phenoxy) is 2. The van der Waals surface area contributed by atoms with Crippen molar-refractivity contribution in [1.82, 2.24) is 0 Å². The summed E-state index contributed by atoms with van der Waals surface area (Å²) in [7, 11) is 0. The molecule has 0 fully saturated rings. The van der Waals surface area contributed by atoms with Gasteiger partial charge in [0.25, 0.3) is 0 Å². The molecule has 0 heterocycles. The molecule has 0 aromatic heterocycles. The molecule has 0 saturated heterocycles. The van der Waals surface area contributed by atoms with Gasteiger partial charge in [-0.1, -0.05) is 63.1 Å². The summed E-state index contributed by atoms with van der Waals surface area (Å²) < 4.78 is 11.3. The molecule has 3 nitrogen and oxygen atoms in total. The van der Waals surface area contributed by atoms with Crippen LogP contribution in [0.2, 0.25) is 0 Å². The minimum absolute atomic E-state index is 0.157. The van der Waals surface area contributed by atoms with Gasteiger partial charge in [-0.15, -0.1) is 0 Å². The van der Waals surface area contributed by atoms with Gasteiger partial charge in [-0.05, 0) is 79.3 Å². The maximum atomic E-state index is 12.5. The van der Waals surface area contributed by atoms with Crippen LogP contribution in [0.3, 0.4) is 0 Å². The average Bonchev–Trinajstić information content (AvgIpc) is 2.81. The highest BCUT2D eigenvalue weighted by molar-refractivity contribution is 5.91. The molecule has 0 aliphatic carbocycles. The fourth-order valence-corrected chi connectivity index (χ4v) is 3.31. The maximum absolute atomic E-state index is 12.5. The first kappa shape index (κ1) is 22.6. The van der Waals surface area contributed by atoms with E-state index < -0.39 is 0 Å². The SMILES string of the molecule is CCCCCc1ccc(-c2ccc(C(=O)Oc3ccc(OC(C)CC)cc3)cc2)cc1. The molecule has 3 aromatic rings. The maximum Gasteiger partial charge on any atom is 0.343 e. The monoisotopic (exact) mass is 416 g/mol. The van der Waals surface area contributed by atoms with E-state index in [4.69, 9.17) is 9.47 Å². The molecule has 0 radical (unpaired) electrons. The number of esters is 1. The lowest BCUT2D eigenvalue weighted by molar-refractivity contribution is 0.0734. The van der Waals surface area contributed by atoms with Crippen LogP contribution >= 0.6 is 0 Å². The van der Waals surface area contributed by atoms with E-state index in [1.165, 1.54) is 24.8 Å². The van der Waals surface area contributed by atoms with E-state index in [0.29, 0.717) is 11.3 Å². The number of rotatable bonds is 10. The Labute approximate surface area is 186 Å². The molecule has 3 heteroatoms. The van der Waals surface area contributed by atoms with E-state index in [1.54, 1.807) is 12.1 Å². The van der Waals surface area contributed by atoms with Crippen LogP contribution in [0.4, 0.5) is 0 Å². The number of unbranched alkanes of at least 4 members (excludes halogenated alkanes) is 2. The second kappa shape index (κ2) is 11.4. The van der Waals surface area contributed by atoms with Gasteiger partial charge in [-0.25, -0.2) is 4.79 Å². The van der Waals surface area contributed by atoms with Gasteiger partial charge in [0.2, 0.25) is 0 Å². The zero-order chi connectivity index (χ0) is 22.1. The lowest BCUT2D eigenvalue weighted by atomic mass is 10.0. The molecule has 1 atom stereocenters. The summed E-state index contributed by atoms with van der Waals surface area (Å²) in [5.41, 5.74) is 4.14. The van der Waals surface area contributed by atoms with Crippen LogP contribution in [0.5, 0.6) is 11.5 Å². The van der Waals surface area contributed by atoms with E-state index >= 15 is 0 Å². The second-order valence-electron chi connectivity index (χ2n) is 7.93. The summed E-state index contributed by atoms with van der Waals surface area (Å²) in [4.78, 5) is 12.5. The normalized spacial score (nSPS) is 11.7. The first-order chi connectivity index (χ1) is 15.1. The topological polar surface area (TPSA) is 35.5 Å².